The lowest BCUT2D eigenvalue weighted by Crippen LogP contribution is -2.44. The highest BCUT2D eigenvalue weighted by Crippen LogP contribution is 2.17. The number of halogens is 1. The van der Waals surface area contributed by atoms with Crippen molar-refractivity contribution in [2.75, 3.05) is 0 Å². The van der Waals surface area contributed by atoms with Crippen molar-refractivity contribution < 1.29 is 19.4 Å². The number of aryl methyl sites for hydroxylation is 1. The first-order chi connectivity index (χ1) is 9.62. The quantitative estimate of drug-likeness (QED) is 0.838. The number of hydrogen-bond donors (Lipinski definition) is 2. The predicted octanol–water partition coefficient (Wildman–Crippen LogP) is 2.19. The van der Waals surface area contributed by atoms with E-state index in [1.165, 1.54) is 0 Å². The van der Waals surface area contributed by atoms with Crippen LogP contribution in [-0.4, -0.2) is 38.6 Å². The smallest absolute Gasteiger partial charge is 0.408 e. The molecule has 1 amide bonds. The second-order valence-corrected chi connectivity index (χ2v) is 6.37. The molecule has 0 saturated carbocycles. The van der Waals surface area contributed by atoms with Gasteiger partial charge >= 0.3 is 12.1 Å². The molecule has 8 heteroatoms. The highest BCUT2D eigenvalue weighted by atomic mass is 79.9. The topological polar surface area (TPSA) is 93.5 Å². The molecule has 0 radical (unpaired) electrons. The number of aromatic nitrogens is 2. The first-order valence-corrected chi connectivity index (χ1v) is 7.36. The third kappa shape index (κ3) is 5.74. The maximum atomic E-state index is 11.7. The molecular formula is C13H20BrN3O4. The van der Waals surface area contributed by atoms with E-state index in [4.69, 9.17) is 4.74 Å². The SMILES string of the molecule is CCn1cc(Br)c(CC(NC(=O)OC(C)(C)C)C(=O)O)n1. The molecule has 0 aliphatic rings. The minimum atomic E-state index is -1.14. The molecule has 1 rings (SSSR count). The minimum Gasteiger partial charge on any atom is -0.480 e. The molecule has 21 heavy (non-hydrogen) atoms. The van der Waals surface area contributed by atoms with Crippen molar-refractivity contribution >= 4 is 28.0 Å². The fourth-order valence-electron chi connectivity index (χ4n) is 1.58. The van der Waals surface area contributed by atoms with Gasteiger partial charge in [0.05, 0.1) is 10.2 Å². The number of carbonyl (C=O) groups excluding carboxylic acids is 1. The van der Waals surface area contributed by atoms with Crippen molar-refractivity contribution in [2.24, 2.45) is 0 Å². The number of carboxylic acid groups (broad SMARTS) is 1. The first-order valence-electron chi connectivity index (χ1n) is 6.56. The van der Waals surface area contributed by atoms with Crippen molar-refractivity contribution in [3.05, 3.63) is 16.4 Å². The number of carboxylic acids is 1. The van der Waals surface area contributed by atoms with E-state index >= 15 is 0 Å². The largest absolute Gasteiger partial charge is 0.480 e. The van der Waals surface area contributed by atoms with Gasteiger partial charge in [0.25, 0.3) is 0 Å². The van der Waals surface area contributed by atoms with Gasteiger partial charge in [-0.05, 0) is 43.6 Å². The average Bonchev–Trinajstić information content (AvgIpc) is 2.66. The number of rotatable bonds is 5. The number of ether oxygens (including phenoxy) is 1. The van der Waals surface area contributed by atoms with Crippen LogP contribution in [0.25, 0.3) is 0 Å². The summed E-state index contributed by atoms with van der Waals surface area (Å²) in [5.41, 5.74) is -0.113. The third-order valence-electron chi connectivity index (χ3n) is 2.50. The van der Waals surface area contributed by atoms with Crippen molar-refractivity contribution in [3.8, 4) is 0 Å². The van der Waals surface area contributed by atoms with Crippen LogP contribution in [0.4, 0.5) is 4.79 Å². The van der Waals surface area contributed by atoms with Crippen LogP contribution in [0.3, 0.4) is 0 Å². The summed E-state index contributed by atoms with van der Waals surface area (Å²) >= 11 is 3.33. The fourth-order valence-corrected chi connectivity index (χ4v) is 2.06. The Kier molecular flexibility index (Phi) is 5.77. The first kappa shape index (κ1) is 17.5. The van der Waals surface area contributed by atoms with E-state index < -0.39 is 23.7 Å². The van der Waals surface area contributed by atoms with Crippen LogP contribution in [0.15, 0.2) is 10.7 Å². The second kappa shape index (κ2) is 6.93. The lowest BCUT2D eigenvalue weighted by atomic mass is 10.1. The average molecular weight is 362 g/mol. The van der Waals surface area contributed by atoms with Gasteiger partial charge in [-0.15, -0.1) is 0 Å². The highest BCUT2D eigenvalue weighted by molar-refractivity contribution is 9.10. The normalized spacial score (nSPS) is 12.8. The van der Waals surface area contributed by atoms with E-state index in [1.54, 1.807) is 31.6 Å². The van der Waals surface area contributed by atoms with Crippen LogP contribution in [0.5, 0.6) is 0 Å². The molecule has 118 valence electrons. The molecule has 7 nitrogen and oxygen atoms in total. The molecule has 0 fully saturated rings. The van der Waals surface area contributed by atoms with Gasteiger partial charge in [-0.2, -0.15) is 5.10 Å². The minimum absolute atomic E-state index is 0.0716. The van der Waals surface area contributed by atoms with Crippen LogP contribution in [0.2, 0.25) is 0 Å². The summed E-state index contributed by atoms with van der Waals surface area (Å²) in [5.74, 6) is -1.14. The van der Waals surface area contributed by atoms with Gasteiger partial charge < -0.3 is 15.2 Å². The van der Waals surface area contributed by atoms with Crippen LogP contribution < -0.4 is 5.32 Å². The Bertz CT molecular complexity index is 522. The van der Waals surface area contributed by atoms with Gasteiger partial charge in [-0.1, -0.05) is 0 Å². The van der Waals surface area contributed by atoms with E-state index in [0.29, 0.717) is 16.7 Å². The Morgan fingerprint density at radius 3 is 2.57 bits per heavy atom. The molecule has 1 aromatic rings. The van der Waals surface area contributed by atoms with Gasteiger partial charge in [0.2, 0.25) is 0 Å². The van der Waals surface area contributed by atoms with Gasteiger partial charge in [0, 0.05) is 19.2 Å². The number of amides is 1. The van der Waals surface area contributed by atoms with Crippen LogP contribution in [0.1, 0.15) is 33.4 Å². The van der Waals surface area contributed by atoms with Crippen LogP contribution in [0, 0.1) is 0 Å². The number of carbonyl (C=O) groups is 2. The molecule has 0 aliphatic heterocycles. The summed E-state index contributed by atoms with van der Waals surface area (Å²) in [5, 5.41) is 15.8. The zero-order valence-corrected chi connectivity index (χ0v) is 14.1. The summed E-state index contributed by atoms with van der Waals surface area (Å²) in [6, 6.07) is -1.10. The maximum Gasteiger partial charge on any atom is 0.408 e. The van der Waals surface area contributed by atoms with E-state index in [-0.39, 0.29) is 6.42 Å². The standard InChI is InChI=1S/C13H20BrN3O4/c1-5-17-7-8(14)9(16-17)6-10(11(18)19)15-12(20)21-13(2,3)4/h7,10H,5-6H2,1-4H3,(H,15,20)(H,18,19). The van der Waals surface area contributed by atoms with E-state index in [2.05, 4.69) is 26.3 Å². The number of nitrogens with one attached hydrogen (secondary N) is 1. The molecule has 0 saturated heterocycles. The fraction of sp³-hybridized carbons (Fsp3) is 0.615. The predicted molar refractivity (Wildman–Crippen MR) is 80.1 cm³/mol. The third-order valence-corrected chi connectivity index (χ3v) is 3.16. The molecule has 0 bridgehead atoms. The Hall–Kier alpha value is -1.57. The Morgan fingerprint density at radius 2 is 2.14 bits per heavy atom. The van der Waals surface area contributed by atoms with Gasteiger partial charge in [0.15, 0.2) is 0 Å². The van der Waals surface area contributed by atoms with Crippen molar-refractivity contribution in [3.63, 3.8) is 0 Å². The molecule has 1 atom stereocenters. The molecule has 0 aromatic carbocycles. The highest BCUT2D eigenvalue weighted by Gasteiger charge is 2.25. The summed E-state index contributed by atoms with van der Waals surface area (Å²) < 4.78 is 7.46. The monoisotopic (exact) mass is 361 g/mol. The molecule has 1 aromatic heterocycles. The van der Waals surface area contributed by atoms with Crippen LogP contribution in [-0.2, 0) is 22.5 Å². The lowest BCUT2D eigenvalue weighted by Gasteiger charge is -2.21. The van der Waals surface area contributed by atoms with Crippen LogP contribution >= 0.6 is 15.9 Å². The zero-order valence-electron chi connectivity index (χ0n) is 12.5. The summed E-state index contributed by atoms with van der Waals surface area (Å²) in [4.78, 5) is 22.9. The summed E-state index contributed by atoms with van der Waals surface area (Å²) in [6.45, 7) is 7.73. The summed E-state index contributed by atoms with van der Waals surface area (Å²) in [7, 11) is 0. The molecular weight excluding hydrogens is 342 g/mol. The Morgan fingerprint density at radius 1 is 1.52 bits per heavy atom. The van der Waals surface area contributed by atoms with Crippen molar-refractivity contribution in [2.45, 2.75) is 52.3 Å². The second-order valence-electron chi connectivity index (χ2n) is 5.52. The number of aliphatic carboxylic acids is 1. The number of hydrogen-bond acceptors (Lipinski definition) is 4. The molecule has 1 heterocycles. The zero-order chi connectivity index (χ0) is 16.2. The van der Waals surface area contributed by atoms with E-state index in [1.807, 2.05) is 6.92 Å². The molecule has 0 spiro atoms. The van der Waals surface area contributed by atoms with E-state index in [0.717, 1.165) is 0 Å². The summed E-state index contributed by atoms with van der Waals surface area (Å²) in [6.07, 6.45) is 1.07. The van der Waals surface area contributed by atoms with E-state index in [9.17, 15) is 14.7 Å². The van der Waals surface area contributed by atoms with Gasteiger partial charge in [-0.3, -0.25) is 4.68 Å². The molecule has 2 N–H and O–H groups in total. The number of alkyl carbamates (subject to hydrolysis) is 1. The Labute approximate surface area is 131 Å². The molecule has 0 aliphatic carbocycles. The van der Waals surface area contributed by atoms with Crippen molar-refractivity contribution in [1.82, 2.24) is 15.1 Å². The lowest BCUT2D eigenvalue weighted by molar-refractivity contribution is -0.139. The maximum absolute atomic E-state index is 11.7. The van der Waals surface area contributed by atoms with Gasteiger partial charge in [0.1, 0.15) is 11.6 Å². The molecule has 1 unspecified atom stereocenters. The number of nitrogens with zero attached hydrogens (tertiary/aromatic N) is 2. The van der Waals surface area contributed by atoms with Crippen molar-refractivity contribution in [1.29, 1.82) is 0 Å². The Balaban J connectivity index is 2.76. The van der Waals surface area contributed by atoms with Gasteiger partial charge in [-0.25, -0.2) is 9.59 Å².